The lowest BCUT2D eigenvalue weighted by molar-refractivity contribution is -0.118. The molecule has 2 aromatic carbocycles. The highest BCUT2D eigenvalue weighted by Gasteiger charge is 2.32. The molecule has 2 aromatic heterocycles. The number of benzene rings is 2. The van der Waals surface area contributed by atoms with Gasteiger partial charge in [-0.05, 0) is 57.2 Å². The van der Waals surface area contributed by atoms with E-state index in [0.717, 1.165) is 9.54 Å². The van der Waals surface area contributed by atoms with Crippen LogP contribution in [0.3, 0.4) is 0 Å². The van der Waals surface area contributed by atoms with Crippen LogP contribution in [0.5, 0.6) is 17.2 Å². The molecule has 0 fully saturated rings. The Morgan fingerprint density at radius 1 is 1.05 bits per heavy atom. The lowest BCUT2D eigenvalue weighted by atomic mass is 10.1. The third-order valence-corrected chi connectivity index (χ3v) is 8.87. The zero-order valence-electron chi connectivity index (χ0n) is 21.5. The second-order valence-corrected chi connectivity index (χ2v) is 11.6. The van der Waals surface area contributed by atoms with Gasteiger partial charge in [-0.1, -0.05) is 0 Å². The topological polar surface area (TPSA) is 133 Å². The van der Waals surface area contributed by atoms with Crippen molar-refractivity contribution in [1.29, 1.82) is 0 Å². The molecule has 4 aromatic rings. The number of hydrogen-bond donors (Lipinski definition) is 0. The number of rotatable bonds is 10. The van der Waals surface area contributed by atoms with E-state index in [1.807, 2.05) is 13.8 Å². The van der Waals surface area contributed by atoms with Gasteiger partial charge in [0.05, 0.1) is 35.8 Å². The Morgan fingerprint density at radius 3 is 2.37 bits per heavy atom. The number of carbonyl (C=O) groups is 1. The van der Waals surface area contributed by atoms with Gasteiger partial charge in [0.15, 0.2) is 11.5 Å². The number of carbonyl (C=O) groups excluding carboxylic acids is 1. The Balaban J connectivity index is 1.80. The van der Waals surface area contributed by atoms with E-state index in [-0.39, 0.29) is 33.7 Å². The molecule has 0 saturated heterocycles. The lowest BCUT2D eigenvalue weighted by Crippen LogP contribution is -2.21. The SMILES string of the molecule is COc1ccc2c(c1)nc([S+]([O-])Cc1ncc(C)c(OC)c1C)n2S(=O)(=O)c1ccc(OCC(C)=O)cc1. The first-order valence-electron chi connectivity index (χ1n) is 11.5. The van der Waals surface area contributed by atoms with Crippen LogP contribution in [0.1, 0.15) is 23.7 Å². The number of hydrogen-bond acceptors (Lipinski definition) is 9. The van der Waals surface area contributed by atoms with Gasteiger partial charge in [0.1, 0.15) is 23.9 Å². The van der Waals surface area contributed by atoms with E-state index in [9.17, 15) is 17.8 Å². The zero-order valence-corrected chi connectivity index (χ0v) is 23.2. The number of Topliss-reactive ketones (excluding diaryl/α,β-unsaturated/α-hetero) is 1. The van der Waals surface area contributed by atoms with Crippen LogP contribution < -0.4 is 14.2 Å². The number of pyridine rings is 1. The molecule has 38 heavy (non-hydrogen) atoms. The first-order valence-corrected chi connectivity index (χ1v) is 14.2. The standard InChI is InChI=1S/C26H27N3O7S2/c1-16-13-27-23(18(3)25(16)35-5)15-37(31)26-28-22-12-20(34-4)8-11-24(22)29(26)38(32,33)21-9-6-19(7-10-21)36-14-17(2)30/h6-13H,14-15H2,1-5H3. The molecule has 1 unspecified atom stereocenters. The summed E-state index contributed by atoms with van der Waals surface area (Å²) in [5.74, 6) is 1.22. The molecule has 200 valence electrons. The normalized spacial score (nSPS) is 12.4. The zero-order chi connectivity index (χ0) is 27.6. The van der Waals surface area contributed by atoms with E-state index in [1.165, 1.54) is 38.3 Å². The van der Waals surface area contributed by atoms with Crippen molar-refractivity contribution in [2.45, 2.75) is 36.6 Å². The molecule has 0 aliphatic heterocycles. The minimum Gasteiger partial charge on any atom is -0.609 e. The fourth-order valence-corrected chi connectivity index (χ4v) is 6.97. The molecule has 0 radical (unpaired) electrons. The Labute approximate surface area is 223 Å². The van der Waals surface area contributed by atoms with E-state index in [2.05, 4.69) is 9.97 Å². The maximum atomic E-state index is 13.9. The van der Waals surface area contributed by atoms with Crippen LogP contribution in [0.25, 0.3) is 11.0 Å². The Bertz CT molecular complexity index is 1600. The number of nitrogens with zero attached hydrogens (tertiary/aromatic N) is 3. The summed E-state index contributed by atoms with van der Waals surface area (Å²) in [6, 6.07) is 10.4. The maximum absolute atomic E-state index is 13.9. The maximum Gasteiger partial charge on any atom is 0.338 e. The quantitative estimate of drug-likeness (QED) is 0.268. The highest BCUT2D eigenvalue weighted by Crippen LogP contribution is 2.32. The summed E-state index contributed by atoms with van der Waals surface area (Å²) in [6.45, 7) is 4.94. The fraction of sp³-hybridized carbons (Fsp3) is 0.269. The highest BCUT2D eigenvalue weighted by molar-refractivity contribution is 7.93. The van der Waals surface area contributed by atoms with E-state index in [1.54, 1.807) is 31.5 Å². The largest absolute Gasteiger partial charge is 0.609 e. The van der Waals surface area contributed by atoms with Gasteiger partial charge in [0.2, 0.25) is 0 Å². The van der Waals surface area contributed by atoms with Crippen molar-refractivity contribution in [3.63, 3.8) is 0 Å². The summed E-state index contributed by atoms with van der Waals surface area (Å²) in [6.07, 6.45) is 1.62. The molecule has 1 atom stereocenters. The summed E-state index contributed by atoms with van der Waals surface area (Å²) in [5.41, 5.74) is 2.61. The first-order chi connectivity index (χ1) is 18.1. The summed E-state index contributed by atoms with van der Waals surface area (Å²) in [7, 11) is -1.20. The molecule has 0 spiro atoms. The summed E-state index contributed by atoms with van der Waals surface area (Å²) < 4.78 is 58.4. The number of ether oxygens (including phenoxy) is 3. The average Bonchev–Trinajstić information content (AvgIpc) is 3.29. The third-order valence-electron chi connectivity index (χ3n) is 5.82. The van der Waals surface area contributed by atoms with Crippen LogP contribution in [0.15, 0.2) is 58.7 Å². The third kappa shape index (κ3) is 5.33. The predicted octanol–water partition coefficient (Wildman–Crippen LogP) is 3.58. The number of ketones is 1. The van der Waals surface area contributed by atoms with Crippen molar-refractivity contribution in [2.24, 2.45) is 0 Å². The van der Waals surface area contributed by atoms with Crippen LogP contribution in [-0.4, -0.2) is 53.5 Å². The van der Waals surface area contributed by atoms with Crippen LogP contribution >= 0.6 is 0 Å². The molecule has 0 amide bonds. The van der Waals surface area contributed by atoms with Crippen LogP contribution in [0.2, 0.25) is 0 Å². The van der Waals surface area contributed by atoms with Crippen molar-refractivity contribution in [2.75, 3.05) is 20.8 Å². The molecule has 10 nitrogen and oxygen atoms in total. The van der Waals surface area contributed by atoms with Crippen molar-refractivity contribution in [3.8, 4) is 17.2 Å². The van der Waals surface area contributed by atoms with Gasteiger partial charge in [-0.2, -0.15) is 8.96 Å². The van der Waals surface area contributed by atoms with E-state index in [4.69, 9.17) is 14.2 Å². The molecule has 0 aliphatic carbocycles. The summed E-state index contributed by atoms with van der Waals surface area (Å²) in [5, 5.41) is -0.147. The summed E-state index contributed by atoms with van der Waals surface area (Å²) in [4.78, 5) is 20.0. The van der Waals surface area contributed by atoms with Gasteiger partial charge < -0.3 is 18.8 Å². The monoisotopic (exact) mass is 557 g/mol. The van der Waals surface area contributed by atoms with Crippen molar-refractivity contribution < 1.29 is 32.0 Å². The first kappa shape index (κ1) is 27.4. The molecular weight excluding hydrogens is 530 g/mol. The Morgan fingerprint density at radius 2 is 1.74 bits per heavy atom. The van der Waals surface area contributed by atoms with Gasteiger partial charge in [0.25, 0.3) is 10.0 Å². The molecule has 2 heterocycles. The van der Waals surface area contributed by atoms with Gasteiger partial charge in [-0.3, -0.25) is 9.78 Å². The highest BCUT2D eigenvalue weighted by atomic mass is 32.2. The molecule has 0 N–H and O–H groups in total. The smallest absolute Gasteiger partial charge is 0.338 e. The number of aryl methyl sites for hydroxylation is 1. The Kier molecular flexibility index (Phi) is 7.95. The molecule has 12 heteroatoms. The van der Waals surface area contributed by atoms with Gasteiger partial charge in [0, 0.05) is 34.6 Å². The number of methoxy groups -OCH3 is 2. The van der Waals surface area contributed by atoms with Crippen LogP contribution in [-0.2, 0) is 31.7 Å². The summed E-state index contributed by atoms with van der Waals surface area (Å²) >= 11 is -1.90. The molecule has 0 saturated carbocycles. The van der Waals surface area contributed by atoms with Crippen molar-refractivity contribution in [1.82, 2.24) is 13.9 Å². The number of aromatic nitrogens is 3. The van der Waals surface area contributed by atoms with Crippen LogP contribution in [0.4, 0.5) is 0 Å². The van der Waals surface area contributed by atoms with Gasteiger partial charge >= 0.3 is 5.16 Å². The molecule has 0 bridgehead atoms. The number of imidazole rings is 1. The van der Waals surface area contributed by atoms with Crippen molar-refractivity contribution >= 4 is 38.0 Å². The van der Waals surface area contributed by atoms with Gasteiger partial charge in [-0.25, -0.2) is 8.42 Å². The average molecular weight is 558 g/mol. The second kappa shape index (κ2) is 11.0. The molecule has 0 aliphatic rings. The second-order valence-electron chi connectivity index (χ2n) is 8.52. The lowest BCUT2D eigenvalue weighted by Gasteiger charge is -2.15. The minimum absolute atomic E-state index is 0.0626. The Hall–Kier alpha value is -3.61. The van der Waals surface area contributed by atoms with E-state index in [0.29, 0.717) is 34.0 Å². The van der Waals surface area contributed by atoms with Crippen LogP contribution in [0, 0.1) is 13.8 Å². The fourth-order valence-electron chi connectivity index (χ4n) is 3.92. The minimum atomic E-state index is -4.23. The van der Waals surface area contributed by atoms with E-state index < -0.39 is 21.2 Å². The van der Waals surface area contributed by atoms with E-state index >= 15 is 0 Å². The van der Waals surface area contributed by atoms with Gasteiger partial charge in [-0.15, -0.1) is 0 Å². The predicted molar refractivity (Wildman–Crippen MR) is 142 cm³/mol. The number of fused-ring (bicyclic) bond motifs is 1. The molecule has 4 rings (SSSR count). The molecular formula is C26H27N3O7S2. The van der Waals surface area contributed by atoms with Crippen molar-refractivity contribution in [3.05, 3.63) is 65.5 Å².